The number of carbonyl (C=O) groups is 1. The van der Waals surface area contributed by atoms with Crippen molar-refractivity contribution < 1.29 is 71.3 Å². The van der Waals surface area contributed by atoms with Crippen LogP contribution in [-0.2, 0) is 65.4 Å². The molecule has 8 rings (SSSR count). The fraction of sp³-hybridized carbons (Fsp3) is 0.322. The van der Waals surface area contributed by atoms with Crippen molar-refractivity contribution in [1.82, 2.24) is 9.62 Å². The number of benzene rings is 6. The van der Waals surface area contributed by atoms with E-state index in [1.54, 1.807) is 42.5 Å². The van der Waals surface area contributed by atoms with Crippen LogP contribution in [0.2, 0.25) is 0 Å². The molecule has 0 saturated carbocycles. The fourth-order valence-electron chi connectivity index (χ4n) is 11.5. The van der Waals surface area contributed by atoms with Crippen molar-refractivity contribution in [2.45, 2.75) is 91.2 Å². The minimum absolute atomic E-state index is 0.0312. The summed E-state index contributed by atoms with van der Waals surface area (Å²) in [4.78, 5) is 13.7. The predicted molar refractivity (Wildman–Crippen MR) is 321 cm³/mol. The number of hydrogen-bond donors (Lipinski definition) is 5. The van der Waals surface area contributed by atoms with Gasteiger partial charge in [-0.25, -0.2) is 18.0 Å². The van der Waals surface area contributed by atoms with Crippen molar-refractivity contribution >= 4 is 97.0 Å². The van der Waals surface area contributed by atoms with Crippen LogP contribution in [-0.4, -0.2) is 118 Å². The lowest BCUT2D eigenvalue weighted by Gasteiger charge is -2.27. The van der Waals surface area contributed by atoms with Crippen LogP contribution in [0.3, 0.4) is 0 Å². The molecule has 2 heterocycles. The van der Waals surface area contributed by atoms with Crippen LogP contribution >= 0.6 is 12.0 Å². The topological polar surface area (TPSA) is 275 Å². The number of fused-ring (bicyclic) bond motifs is 6. The first-order chi connectivity index (χ1) is 39.2. The SMILES string of the molecule is CN(CCCC(=O)NCCC(c1ccccc1)c1ccccc1)S(=O)(=O)c1cccc2c3c(ccc12)N(CCCS(=O)(=O)O)C(=CC=CC=CC1=[N+](CCCSOOO)c2ccc4c(S(=O)(=O)O)cc(S(=O)(=O)O)cc4c2C1(C)C)C3(C)C. The zero-order valence-electron chi connectivity index (χ0n) is 46.4. The van der Waals surface area contributed by atoms with Gasteiger partial charge in [0.2, 0.25) is 21.6 Å². The summed E-state index contributed by atoms with van der Waals surface area (Å²) >= 11 is 0.858. The Morgan fingerprint density at radius 3 is 2.02 bits per heavy atom. The molecule has 0 radical (unpaired) electrons. The van der Waals surface area contributed by atoms with Gasteiger partial charge < -0.3 is 10.2 Å². The monoisotopic (exact) mass is 1230 g/mol. The quantitative estimate of drug-likeness (QED) is 0.00642. The normalized spacial score (nSPS) is 15.9. The summed E-state index contributed by atoms with van der Waals surface area (Å²) in [6.07, 6.45) is 10.7. The highest BCUT2D eigenvalue weighted by Crippen LogP contribution is 2.52. The molecule has 24 heteroatoms. The number of allylic oxidation sites excluding steroid dienone is 6. The zero-order chi connectivity index (χ0) is 60.1. The molecule has 0 spiro atoms. The molecular formula is C59H67N4O15S5+. The summed E-state index contributed by atoms with van der Waals surface area (Å²) in [6, 6.07) is 33.9. The Kier molecular flexibility index (Phi) is 19.4. The first kappa shape index (κ1) is 62.9. The number of hydrogen-bond acceptors (Lipinski definition) is 14. The molecule has 0 unspecified atom stereocenters. The number of nitrogens with zero attached hydrogens (tertiary/aromatic N) is 3. The van der Waals surface area contributed by atoms with Gasteiger partial charge in [-0.2, -0.15) is 29.8 Å². The van der Waals surface area contributed by atoms with Crippen molar-refractivity contribution in [3.05, 3.63) is 174 Å². The molecule has 1 amide bonds. The van der Waals surface area contributed by atoms with E-state index in [0.29, 0.717) is 71.2 Å². The Labute approximate surface area is 489 Å². The molecule has 0 aromatic heterocycles. The van der Waals surface area contributed by atoms with Crippen molar-refractivity contribution in [3.63, 3.8) is 0 Å². The highest BCUT2D eigenvalue weighted by Gasteiger charge is 2.46. The number of amides is 1. The van der Waals surface area contributed by atoms with E-state index in [1.807, 2.05) is 97.9 Å². The Morgan fingerprint density at radius 1 is 0.723 bits per heavy atom. The van der Waals surface area contributed by atoms with Gasteiger partial charge in [-0.15, -0.1) is 4.33 Å². The predicted octanol–water partition coefficient (Wildman–Crippen LogP) is 10.1. The van der Waals surface area contributed by atoms with Gasteiger partial charge in [0.1, 0.15) is 11.4 Å². The maximum Gasteiger partial charge on any atom is 0.295 e. The van der Waals surface area contributed by atoms with Crippen LogP contribution in [0.4, 0.5) is 11.4 Å². The van der Waals surface area contributed by atoms with Crippen LogP contribution in [0.15, 0.2) is 166 Å². The van der Waals surface area contributed by atoms with E-state index in [9.17, 15) is 52.1 Å². The first-order valence-corrected chi connectivity index (χ1v) is 33.5. The standard InChI is InChI=1S/C59H66N4O15S5/c1-58(2)53(25-13-8-14-26-54-59(3,4)57-48-39-43(82(71,72)73)40-52(83(74,75)76)46(48)29-31-50(57)62(54)35-17-37-79-78-77-65)63(36-18-38-80(66,67)68)49-30-28-45-47(56(49)58)23-15-24-51(45)81(69,70)61(5)34-16-27-55(64)60-33-32-44(41-19-9-6-10-20-41)42-21-11-7-12-22-42/h6-15,19-26,28-31,39-40,44H,16-18,27,32-38H2,1-5H3,(H4-,60,64,65,66,67,68,71,72,73,74,75,76)/p+1. The van der Waals surface area contributed by atoms with Crippen LogP contribution in [0, 0.1) is 0 Å². The van der Waals surface area contributed by atoms with Crippen LogP contribution < -0.4 is 10.2 Å². The van der Waals surface area contributed by atoms with Crippen LogP contribution in [0.25, 0.3) is 21.5 Å². The first-order valence-electron chi connectivity index (χ1n) is 26.7. The summed E-state index contributed by atoms with van der Waals surface area (Å²) in [7, 11) is -16.8. The van der Waals surface area contributed by atoms with Crippen molar-refractivity contribution in [2.24, 2.45) is 0 Å². The van der Waals surface area contributed by atoms with Gasteiger partial charge in [-0.3, -0.25) is 18.5 Å². The third kappa shape index (κ3) is 14.0. The number of carbonyl (C=O) groups excluding carboxylic acids is 1. The largest absolute Gasteiger partial charge is 0.356 e. The lowest BCUT2D eigenvalue weighted by Crippen LogP contribution is -2.30. The average molecular weight is 1230 g/mol. The second kappa shape index (κ2) is 25.6. The van der Waals surface area contributed by atoms with Crippen molar-refractivity contribution in [3.8, 4) is 0 Å². The Hall–Kier alpha value is -6.13. The van der Waals surface area contributed by atoms with Gasteiger partial charge in [0.25, 0.3) is 30.4 Å². The molecular weight excluding hydrogens is 1160 g/mol. The van der Waals surface area contributed by atoms with E-state index < -0.39 is 66.8 Å². The van der Waals surface area contributed by atoms with Gasteiger partial charge >= 0.3 is 0 Å². The Bertz CT molecular complexity index is 3980. The highest BCUT2D eigenvalue weighted by molar-refractivity contribution is 7.94. The molecule has 0 atom stereocenters. The molecule has 0 saturated heterocycles. The van der Waals surface area contributed by atoms with Gasteiger partial charge in [0.15, 0.2) is 5.71 Å². The Balaban J connectivity index is 1.05. The summed E-state index contributed by atoms with van der Waals surface area (Å²) in [5.74, 6) is -0.231. The molecule has 2 aliphatic rings. The zero-order valence-corrected chi connectivity index (χ0v) is 50.5. The summed E-state index contributed by atoms with van der Waals surface area (Å²) in [5, 5.41) is 16.8. The summed E-state index contributed by atoms with van der Waals surface area (Å²) < 4.78 is 141. The summed E-state index contributed by atoms with van der Waals surface area (Å²) in [6.45, 7) is 8.74. The Morgan fingerprint density at radius 2 is 1.39 bits per heavy atom. The molecule has 5 N–H and O–H groups in total. The molecule has 2 aliphatic heterocycles. The third-order valence-electron chi connectivity index (χ3n) is 15.2. The lowest BCUT2D eigenvalue weighted by molar-refractivity contribution is -0.438. The molecule has 83 heavy (non-hydrogen) atoms. The minimum atomic E-state index is -4.98. The number of rotatable bonds is 26. The molecule has 442 valence electrons. The van der Waals surface area contributed by atoms with Crippen LogP contribution in [0.1, 0.15) is 88.0 Å². The van der Waals surface area contributed by atoms with Gasteiger partial charge in [0.05, 0.1) is 21.0 Å². The molecule has 0 aliphatic carbocycles. The van der Waals surface area contributed by atoms with E-state index in [4.69, 9.17) is 5.26 Å². The maximum absolute atomic E-state index is 14.5. The molecule has 6 aromatic rings. The number of sulfonamides is 1. The van der Waals surface area contributed by atoms with E-state index in [-0.39, 0.29) is 59.8 Å². The molecule has 0 fully saturated rings. The summed E-state index contributed by atoms with van der Waals surface area (Å²) in [5.41, 5.74) is 4.58. The van der Waals surface area contributed by atoms with E-state index in [0.717, 1.165) is 34.4 Å². The number of anilines is 1. The lowest BCUT2D eigenvalue weighted by atomic mass is 9.79. The fourth-order valence-corrected chi connectivity index (χ4v) is 15.1. The second-order valence-electron chi connectivity index (χ2n) is 21.4. The van der Waals surface area contributed by atoms with E-state index in [1.165, 1.54) is 23.5 Å². The average Bonchev–Trinajstić information content (AvgIpc) is 1.74. The van der Waals surface area contributed by atoms with Gasteiger partial charge in [0, 0.05) is 109 Å². The number of nitrogens with one attached hydrogen (secondary N) is 1. The van der Waals surface area contributed by atoms with E-state index in [2.05, 4.69) is 39.0 Å². The highest BCUT2D eigenvalue weighted by atomic mass is 32.2. The van der Waals surface area contributed by atoms with Gasteiger partial charge in [-0.05, 0) is 97.0 Å². The minimum Gasteiger partial charge on any atom is -0.356 e. The molecule has 6 aromatic carbocycles. The van der Waals surface area contributed by atoms with E-state index >= 15 is 0 Å². The molecule has 0 bridgehead atoms. The van der Waals surface area contributed by atoms with Crippen molar-refractivity contribution in [2.75, 3.05) is 49.6 Å². The van der Waals surface area contributed by atoms with Crippen molar-refractivity contribution in [1.29, 1.82) is 0 Å². The van der Waals surface area contributed by atoms with Gasteiger partial charge in [-0.1, -0.05) is 116 Å². The second-order valence-corrected chi connectivity index (χ2v) is 28.5. The molecule has 19 nitrogen and oxygen atoms in total. The van der Waals surface area contributed by atoms with Crippen LogP contribution in [0.5, 0.6) is 0 Å². The smallest absolute Gasteiger partial charge is 0.295 e. The maximum atomic E-state index is 14.5. The third-order valence-corrected chi connectivity index (χ3v) is 20.3.